The predicted octanol–water partition coefficient (Wildman–Crippen LogP) is 4.88. The van der Waals surface area contributed by atoms with Gasteiger partial charge >= 0.3 is 0 Å². The topological polar surface area (TPSA) is 21.3 Å². The van der Waals surface area contributed by atoms with Crippen molar-refractivity contribution in [3.05, 3.63) is 61.2 Å². The first-order valence-electron chi connectivity index (χ1n) is 6.75. The van der Waals surface area contributed by atoms with Gasteiger partial charge < -0.3 is 10.1 Å². The van der Waals surface area contributed by atoms with Crippen LogP contribution in [0.15, 0.2) is 30.3 Å². The summed E-state index contributed by atoms with van der Waals surface area (Å²) in [6.07, 6.45) is 0. The molecular weight excluding hydrogens is 397 g/mol. The zero-order chi connectivity index (χ0) is 15.6. The minimum atomic E-state index is 0.0474. The van der Waals surface area contributed by atoms with Crippen molar-refractivity contribution in [2.75, 3.05) is 14.2 Å². The minimum Gasteiger partial charge on any atom is -0.496 e. The second kappa shape index (κ2) is 6.99. The number of rotatable bonds is 4. The van der Waals surface area contributed by atoms with Crippen LogP contribution in [0.3, 0.4) is 0 Å². The van der Waals surface area contributed by atoms with E-state index in [1.807, 2.05) is 25.2 Å². The van der Waals surface area contributed by atoms with E-state index in [0.29, 0.717) is 0 Å². The van der Waals surface area contributed by atoms with E-state index in [1.54, 1.807) is 7.11 Å². The molecule has 21 heavy (non-hydrogen) atoms. The van der Waals surface area contributed by atoms with Gasteiger partial charge in [0.05, 0.1) is 13.2 Å². The van der Waals surface area contributed by atoms with Crippen molar-refractivity contribution in [2.45, 2.75) is 19.9 Å². The third kappa shape index (κ3) is 3.52. The molecule has 0 radical (unpaired) electrons. The standard InChI is InChI=1S/C17H19ClINO/c1-10-7-11(2)16(15(8-10)21-4)17(20-3)13-9-12(18)5-6-14(13)19/h5-9,17,20H,1-4H3. The molecule has 0 heterocycles. The number of aryl methyl sites for hydroxylation is 2. The van der Waals surface area contributed by atoms with Crippen molar-refractivity contribution in [1.82, 2.24) is 5.32 Å². The molecule has 0 saturated heterocycles. The van der Waals surface area contributed by atoms with Crippen LogP contribution in [0.5, 0.6) is 5.75 Å². The third-order valence-corrected chi connectivity index (χ3v) is 4.78. The van der Waals surface area contributed by atoms with Crippen molar-refractivity contribution in [3.8, 4) is 5.75 Å². The van der Waals surface area contributed by atoms with E-state index >= 15 is 0 Å². The Morgan fingerprint density at radius 3 is 2.52 bits per heavy atom. The summed E-state index contributed by atoms with van der Waals surface area (Å²) in [5.41, 5.74) is 4.73. The number of halogens is 2. The van der Waals surface area contributed by atoms with Gasteiger partial charge in [-0.1, -0.05) is 17.7 Å². The highest BCUT2D eigenvalue weighted by Crippen LogP contribution is 2.36. The maximum atomic E-state index is 6.18. The van der Waals surface area contributed by atoms with Crippen LogP contribution in [0.2, 0.25) is 5.02 Å². The number of ether oxygens (including phenoxy) is 1. The Bertz CT molecular complexity index is 657. The van der Waals surface area contributed by atoms with Crippen LogP contribution in [-0.2, 0) is 0 Å². The van der Waals surface area contributed by atoms with Gasteiger partial charge in [-0.2, -0.15) is 0 Å². The predicted molar refractivity (Wildman–Crippen MR) is 97.5 cm³/mol. The average Bonchev–Trinajstić information content (AvgIpc) is 2.44. The normalized spacial score (nSPS) is 12.3. The Morgan fingerprint density at radius 2 is 1.90 bits per heavy atom. The van der Waals surface area contributed by atoms with Gasteiger partial charge in [0.1, 0.15) is 5.75 Å². The van der Waals surface area contributed by atoms with E-state index in [4.69, 9.17) is 16.3 Å². The summed E-state index contributed by atoms with van der Waals surface area (Å²) in [6.45, 7) is 4.20. The van der Waals surface area contributed by atoms with Crippen LogP contribution >= 0.6 is 34.2 Å². The van der Waals surface area contributed by atoms with E-state index in [9.17, 15) is 0 Å². The van der Waals surface area contributed by atoms with Crippen LogP contribution in [0.4, 0.5) is 0 Å². The number of hydrogen-bond acceptors (Lipinski definition) is 2. The number of nitrogens with one attached hydrogen (secondary N) is 1. The Hall–Kier alpha value is -0.780. The van der Waals surface area contributed by atoms with Crippen molar-refractivity contribution >= 4 is 34.2 Å². The van der Waals surface area contributed by atoms with Crippen LogP contribution < -0.4 is 10.1 Å². The van der Waals surface area contributed by atoms with Gasteiger partial charge in [-0.15, -0.1) is 0 Å². The fraction of sp³-hybridized carbons (Fsp3) is 0.294. The van der Waals surface area contributed by atoms with Crippen molar-refractivity contribution in [1.29, 1.82) is 0 Å². The van der Waals surface area contributed by atoms with Crippen molar-refractivity contribution in [3.63, 3.8) is 0 Å². The molecule has 0 bridgehead atoms. The van der Waals surface area contributed by atoms with Crippen LogP contribution in [-0.4, -0.2) is 14.2 Å². The molecule has 1 atom stereocenters. The van der Waals surface area contributed by atoms with Crippen LogP contribution in [0, 0.1) is 17.4 Å². The molecule has 0 aliphatic carbocycles. The molecule has 0 amide bonds. The molecule has 0 aliphatic rings. The molecule has 0 fully saturated rings. The van der Waals surface area contributed by atoms with E-state index < -0.39 is 0 Å². The first-order chi connectivity index (χ1) is 9.97. The summed E-state index contributed by atoms with van der Waals surface area (Å²) in [4.78, 5) is 0. The molecule has 112 valence electrons. The third-order valence-electron chi connectivity index (χ3n) is 3.56. The summed E-state index contributed by atoms with van der Waals surface area (Å²) >= 11 is 8.53. The number of methoxy groups -OCH3 is 1. The molecule has 2 rings (SSSR count). The van der Waals surface area contributed by atoms with E-state index in [0.717, 1.165) is 21.9 Å². The van der Waals surface area contributed by atoms with E-state index in [-0.39, 0.29) is 6.04 Å². The van der Waals surface area contributed by atoms with Gasteiger partial charge in [-0.3, -0.25) is 0 Å². The lowest BCUT2D eigenvalue weighted by molar-refractivity contribution is 0.404. The highest BCUT2D eigenvalue weighted by atomic mass is 127. The quantitative estimate of drug-likeness (QED) is 0.719. The monoisotopic (exact) mass is 415 g/mol. The van der Waals surface area contributed by atoms with Crippen LogP contribution in [0.1, 0.15) is 28.3 Å². The van der Waals surface area contributed by atoms with E-state index in [1.165, 1.54) is 14.7 Å². The average molecular weight is 416 g/mol. The second-order valence-corrected chi connectivity index (χ2v) is 6.68. The lowest BCUT2D eigenvalue weighted by atomic mass is 9.93. The summed E-state index contributed by atoms with van der Waals surface area (Å²) in [6, 6.07) is 10.3. The molecule has 0 aromatic heterocycles. The fourth-order valence-corrected chi connectivity index (χ4v) is 3.50. The summed E-state index contributed by atoms with van der Waals surface area (Å²) in [5.74, 6) is 0.905. The minimum absolute atomic E-state index is 0.0474. The molecule has 0 aliphatic heterocycles. The first-order valence-corrected chi connectivity index (χ1v) is 8.21. The first kappa shape index (κ1) is 16.6. The van der Waals surface area contributed by atoms with Gasteiger partial charge in [0.25, 0.3) is 0 Å². The Morgan fingerprint density at radius 1 is 1.19 bits per heavy atom. The molecule has 1 unspecified atom stereocenters. The van der Waals surface area contributed by atoms with Gasteiger partial charge in [-0.25, -0.2) is 0 Å². The summed E-state index contributed by atoms with van der Waals surface area (Å²) < 4.78 is 6.79. The van der Waals surface area contributed by atoms with Gasteiger partial charge in [-0.05, 0) is 84.4 Å². The van der Waals surface area contributed by atoms with Crippen LogP contribution in [0.25, 0.3) is 0 Å². The maximum Gasteiger partial charge on any atom is 0.124 e. The molecule has 1 N–H and O–H groups in total. The highest BCUT2D eigenvalue weighted by molar-refractivity contribution is 14.1. The number of hydrogen-bond donors (Lipinski definition) is 1. The molecule has 2 aromatic carbocycles. The van der Waals surface area contributed by atoms with Gasteiger partial charge in [0.15, 0.2) is 0 Å². The molecule has 2 nitrogen and oxygen atoms in total. The second-order valence-electron chi connectivity index (χ2n) is 5.09. The lowest BCUT2D eigenvalue weighted by Crippen LogP contribution is -2.20. The zero-order valence-electron chi connectivity index (χ0n) is 12.6. The fourth-order valence-electron chi connectivity index (χ4n) is 2.67. The van der Waals surface area contributed by atoms with E-state index in [2.05, 4.69) is 53.9 Å². The summed E-state index contributed by atoms with van der Waals surface area (Å²) in [7, 11) is 3.67. The smallest absolute Gasteiger partial charge is 0.124 e. The van der Waals surface area contributed by atoms with Crippen molar-refractivity contribution in [2.24, 2.45) is 0 Å². The largest absolute Gasteiger partial charge is 0.496 e. The Kier molecular flexibility index (Phi) is 5.52. The zero-order valence-corrected chi connectivity index (χ0v) is 15.5. The Labute approximate surface area is 145 Å². The summed E-state index contributed by atoms with van der Waals surface area (Å²) in [5, 5.41) is 4.14. The molecule has 4 heteroatoms. The Balaban J connectivity index is 2.64. The maximum absolute atomic E-state index is 6.18. The number of benzene rings is 2. The highest BCUT2D eigenvalue weighted by Gasteiger charge is 2.21. The van der Waals surface area contributed by atoms with Gasteiger partial charge in [0.2, 0.25) is 0 Å². The molecule has 0 saturated carbocycles. The van der Waals surface area contributed by atoms with Gasteiger partial charge in [0, 0.05) is 14.2 Å². The molecular formula is C17H19ClINO. The molecule has 0 spiro atoms. The molecule has 2 aromatic rings. The lowest BCUT2D eigenvalue weighted by Gasteiger charge is -2.24. The SMILES string of the molecule is CNC(c1cc(Cl)ccc1I)c1c(C)cc(C)cc1OC. The van der Waals surface area contributed by atoms with Crippen molar-refractivity contribution < 1.29 is 4.74 Å².